The topological polar surface area (TPSA) is 46.2 Å². The summed E-state index contributed by atoms with van der Waals surface area (Å²) in [5, 5.41) is 8.47. The molecule has 1 unspecified atom stereocenters. The van der Waals surface area contributed by atoms with Crippen LogP contribution in [0.25, 0.3) is 0 Å². The van der Waals surface area contributed by atoms with Gasteiger partial charge >= 0.3 is 0 Å². The van der Waals surface area contributed by atoms with Crippen LogP contribution in [-0.4, -0.2) is 17.6 Å². The first kappa shape index (κ1) is 13.0. The van der Waals surface area contributed by atoms with Crippen LogP contribution in [0.3, 0.4) is 0 Å². The van der Waals surface area contributed by atoms with E-state index < -0.39 is 8.07 Å². The molecule has 2 nitrogen and oxygen atoms in total. The number of hydrogen-bond acceptors (Lipinski definition) is 2. The van der Waals surface area contributed by atoms with Crippen LogP contribution in [0.2, 0.25) is 0 Å². The molecule has 0 aromatic rings. The van der Waals surface area contributed by atoms with Crippen LogP contribution in [0.5, 0.6) is 0 Å². The smallest absolute Gasteiger partial charge is 0.0757 e. The predicted molar refractivity (Wildman–Crippen MR) is 49.3 cm³/mol. The molecule has 3 N–H and O–H groups in total. The molecule has 0 radical (unpaired) electrons. The van der Waals surface area contributed by atoms with Gasteiger partial charge in [-0.3, -0.25) is 0 Å². The summed E-state index contributed by atoms with van der Waals surface area (Å²) in [4.78, 5) is 0. The second-order valence-corrected chi connectivity index (χ2v) is 3.71. The van der Waals surface area contributed by atoms with Crippen LogP contribution in [0.15, 0.2) is 0 Å². The summed E-state index contributed by atoms with van der Waals surface area (Å²) in [6, 6.07) is 0. The standard InChI is InChI=1S/C5H14NOP.C2H6/c1-2-3-4-8(6)5-7;1-2/h7H,2-6H2,1H3;1-2H3. The van der Waals surface area contributed by atoms with Crippen LogP contribution < -0.4 is 5.50 Å². The number of unbranched alkanes of at least 4 members (excludes halogenated alkanes) is 1. The quantitative estimate of drug-likeness (QED) is 0.627. The number of hydrogen-bond donors (Lipinski definition) is 2. The van der Waals surface area contributed by atoms with E-state index in [9.17, 15) is 0 Å². The van der Waals surface area contributed by atoms with Crippen LogP contribution >= 0.6 is 8.07 Å². The van der Waals surface area contributed by atoms with Gasteiger partial charge in [0.05, 0.1) is 6.35 Å². The number of nitrogens with two attached hydrogens (primary N) is 1. The fourth-order valence-electron chi connectivity index (χ4n) is 0.432. The maximum Gasteiger partial charge on any atom is 0.0757 e. The molecule has 0 aromatic heterocycles. The summed E-state index contributed by atoms with van der Waals surface area (Å²) < 4.78 is 0. The molecule has 0 heterocycles. The third-order valence-electron chi connectivity index (χ3n) is 0.981. The van der Waals surface area contributed by atoms with Gasteiger partial charge in [0.15, 0.2) is 0 Å². The lowest BCUT2D eigenvalue weighted by molar-refractivity contribution is 0.369. The van der Waals surface area contributed by atoms with Crippen molar-refractivity contribution in [3.63, 3.8) is 0 Å². The van der Waals surface area contributed by atoms with Gasteiger partial charge in [-0.05, 0) is 20.7 Å². The van der Waals surface area contributed by atoms with E-state index >= 15 is 0 Å². The molecule has 0 saturated heterocycles. The molecule has 3 heteroatoms. The van der Waals surface area contributed by atoms with Gasteiger partial charge in [0.2, 0.25) is 0 Å². The molecule has 0 saturated carbocycles. The average Bonchev–Trinajstić information content (AvgIpc) is 2.04. The Balaban J connectivity index is 0. The van der Waals surface area contributed by atoms with Crippen LogP contribution in [-0.2, 0) is 0 Å². The summed E-state index contributed by atoms with van der Waals surface area (Å²) >= 11 is 0. The van der Waals surface area contributed by atoms with Gasteiger partial charge in [-0.25, -0.2) is 0 Å². The van der Waals surface area contributed by atoms with Crippen molar-refractivity contribution in [2.45, 2.75) is 33.6 Å². The monoisotopic (exact) mass is 165 g/mol. The third kappa shape index (κ3) is 11.2. The van der Waals surface area contributed by atoms with Crippen LogP contribution in [0.4, 0.5) is 0 Å². The predicted octanol–water partition coefficient (Wildman–Crippen LogP) is 2.12. The van der Waals surface area contributed by atoms with Crippen molar-refractivity contribution in [2.75, 3.05) is 12.5 Å². The Morgan fingerprint density at radius 3 is 2.20 bits per heavy atom. The normalized spacial score (nSPS) is 11.7. The number of rotatable bonds is 4. The fourth-order valence-corrected chi connectivity index (χ4v) is 1.30. The van der Waals surface area contributed by atoms with Crippen molar-refractivity contribution in [3.8, 4) is 0 Å². The van der Waals surface area contributed by atoms with E-state index in [4.69, 9.17) is 10.6 Å². The molecule has 0 amide bonds. The van der Waals surface area contributed by atoms with Gasteiger partial charge in [-0.15, -0.1) is 0 Å². The van der Waals surface area contributed by atoms with Crippen molar-refractivity contribution >= 4 is 8.07 Å². The largest absolute Gasteiger partial charge is 0.391 e. The molecule has 10 heavy (non-hydrogen) atoms. The van der Waals surface area contributed by atoms with Crippen LogP contribution in [0, 0.1) is 0 Å². The van der Waals surface area contributed by atoms with Crippen molar-refractivity contribution < 1.29 is 5.11 Å². The van der Waals surface area contributed by atoms with Gasteiger partial charge < -0.3 is 10.6 Å². The number of aliphatic hydroxyl groups is 1. The first-order chi connectivity index (χ1) is 4.81. The van der Waals surface area contributed by atoms with Gasteiger partial charge in [-0.1, -0.05) is 27.2 Å². The molecule has 0 aliphatic carbocycles. The van der Waals surface area contributed by atoms with E-state index in [-0.39, 0.29) is 6.35 Å². The Labute approximate surface area is 65.6 Å². The summed E-state index contributed by atoms with van der Waals surface area (Å²) in [6.45, 7) is 6.13. The zero-order valence-corrected chi connectivity index (χ0v) is 8.19. The molecule has 0 bridgehead atoms. The molecule has 0 aliphatic rings. The Bertz CT molecular complexity index is 52.9. The van der Waals surface area contributed by atoms with E-state index in [1.165, 1.54) is 6.42 Å². The Morgan fingerprint density at radius 1 is 1.40 bits per heavy atom. The summed E-state index contributed by atoms with van der Waals surface area (Å²) in [6.07, 6.45) is 3.54. The van der Waals surface area contributed by atoms with Crippen molar-refractivity contribution in [3.05, 3.63) is 0 Å². The van der Waals surface area contributed by atoms with Crippen LogP contribution in [0.1, 0.15) is 33.6 Å². The van der Waals surface area contributed by atoms with E-state index in [2.05, 4.69) is 6.92 Å². The van der Waals surface area contributed by atoms with Gasteiger partial charge in [0, 0.05) is 0 Å². The summed E-state index contributed by atoms with van der Waals surface area (Å²) in [5.74, 6) is 0. The first-order valence-electron chi connectivity index (χ1n) is 3.91. The Kier molecular flexibility index (Phi) is 15.7. The van der Waals surface area contributed by atoms with E-state index in [0.717, 1.165) is 12.6 Å². The lowest BCUT2D eigenvalue weighted by atomic mass is 10.4. The molecule has 0 rings (SSSR count). The van der Waals surface area contributed by atoms with Crippen molar-refractivity contribution in [1.82, 2.24) is 0 Å². The maximum absolute atomic E-state index is 8.47. The average molecular weight is 165 g/mol. The summed E-state index contributed by atoms with van der Waals surface area (Å²) in [5.41, 5.74) is 5.47. The van der Waals surface area contributed by atoms with E-state index in [0.29, 0.717) is 0 Å². The van der Waals surface area contributed by atoms with E-state index in [1.54, 1.807) is 0 Å². The zero-order valence-electron chi connectivity index (χ0n) is 7.30. The highest BCUT2D eigenvalue weighted by molar-refractivity contribution is 7.54. The second-order valence-electron chi connectivity index (χ2n) is 1.81. The lowest BCUT2D eigenvalue weighted by Gasteiger charge is -2.04. The minimum absolute atomic E-state index is 0.190. The molecule has 0 aromatic carbocycles. The molecular weight excluding hydrogens is 145 g/mol. The third-order valence-corrected chi connectivity index (χ3v) is 2.23. The minimum atomic E-state index is -0.529. The molecule has 64 valence electrons. The minimum Gasteiger partial charge on any atom is -0.391 e. The maximum atomic E-state index is 8.47. The summed E-state index contributed by atoms with van der Waals surface area (Å²) in [7, 11) is -0.529. The lowest BCUT2D eigenvalue weighted by Crippen LogP contribution is -1.96. The molecule has 1 atom stereocenters. The van der Waals surface area contributed by atoms with Gasteiger partial charge in [-0.2, -0.15) is 0 Å². The van der Waals surface area contributed by atoms with Gasteiger partial charge in [0.1, 0.15) is 0 Å². The highest BCUT2D eigenvalue weighted by atomic mass is 31.1. The Morgan fingerprint density at radius 2 is 1.90 bits per heavy atom. The van der Waals surface area contributed by atoms with Crippen molar-refractivity contribution in [2.24, 2.45) is 5.50 Å². The molecule has 0 spiro atoms. The molecule has 0 aliphatic heterocycles. The Hall–Kier alpha value is 0.350. The highest BCUT2D eigenvalue weighted by Gasteiger charge is 1.95. The van der Waals surface area contributed by atoms with E-state index in [1.807, 2.05) is 13.8 Å². The second kappa shape index (κ2) is 12.1. The number of aliphatic hydroxyl groups excluding tert-OH is 1. The highest BCUT2D eigenvalue weighted by Crippen LogP contribution is 2.23. The molecule has 0 fully saturated rings. The molecular formula is C7H20NOP. The van der Waals surface area contributed by atoms with Crippen molar-refractivity contribution in [1.29, 1.82) is 0 Å². The fraction of sp³-hybridized carbons (Fsp3) is 1.00. The zero-order chi connectivity index (χ0) is 8.41. The van der Waals surface area contributed by atoms with Gasteiger partial charge in [0.25, 0.3) is 0 Å². The first-order valence-corrected chi connectivity index (χ1v) is 5.70. The SMILES string of the molecule is CC.CCCCP(N)CO.